The van der Waals surface area contributed by atoms with E-state index in [-0.39, 0.29) is 11.0 Å². The third-order valence-electron chi connectivity index (χ3n) is 2.51. The molecule has 0 bridgehead atoms. The van der Waals surface area contributed by atoms with E-state index >= 15 is 0 Å². The van der Waals surface area contributed by atoms with Crippen LogP contribution in [0.4, 0.5) is 0 Å². The van der Waals surface area contributed by atoms with Gasteiger partial charge in [-0.1, -0.05) is 17.7 Å². The minimum Gasteiger partial charge on any atom is -0.377 e. The molecule has 0 aromatic heterocycles. The number of rotatable bonds is 7. The molecule has 1 aromatic carbocycles. The van der Waals surface area contributed by atoms with Gasteiger partial charge in [0.1, 0.15) is 0 Å². The van der Waals surface area contributed by atoms with Crippen LogP contribution in [0.5, 0.6) is 0 Å². The first-order valence-corrected chi connectivity index (χ1v) is 8.39. The predicted molar refractivity (Wildman–Crippen MR) is 77.4 cm³/mol. The lowest BCUT2D eigenvalue weighted by atomic mass is 10.2. The Morgan fingerprint density at radius 2 is 2.05 bits per heavy atom. The molecule has 0 spiro atoms. The van der Waals surface area contributed by atoms with Crippen LogP contribution in [0.1, 0.15) is 19.4 Å². The Bertz CT molecular complexity index is 515. The van der Waals surface area contributed by atoms with Crippen LogP contribution in [0.25, 0.3) is 0 Å². The van der Waals surface area contributed by atoms with Crippen molar-refractivity contribution in [2.45, 2.75) is 31.4 Å². The van der Waals surface area contributed by atoms with Crippen LogP contribution in [-0.2, 0) is 21.1 Å². The molecule has 1 rings (SSSR count). The molecule has 0 atom stereocenters. The first kappa shape index (κ1) is 16.4. The molecule has 108 valence electrons. The van der Waals surface area contributed by atoms with Crippen LogP contribution in [0.3, 0.4) is 0 Å². The van der Waals surface area contributed by atoms with E-state index in [0.717, 1.165) is 0 Å². The maximum atomic E-state index is 11.7. The summed E-state index contributed by atoms with van der Waals surface area (Å²) in [5.74, 6) is 0. The molecule has 0 unspecified atom stereocenters. The number of hydrogen-bond donors (Lipinski definition) is 1. The largest absolute Gasteiger partial charge is 0.377 e. The fraction of sp³-hybridized carbons (Fsp3) is 0.538. The van der Waals surface area contributed by atoms with E-state index in [4.69, 9.17) is 16.3 Å². The Morgan fingerprint density at radius 3 is 2.63 bits per heavy atom. The average molecular weight is 306 g/mol. The van der Waals surface area contributed by atoms with Crippen molar-refractivity contribution in [1.29, 1.82) is 0 Å². The Hall–Kier alpha value is -0.620. The molecule has 0 heterocycles. The Labute approximate surface area is 120 Å². The standard InChI is InChI=1S/C13H20ClNO3S/c1-10(2)18-8-7-15-9-11-12(14)5-4-6-13(11)19(3,16)17/h4-6,10,15H,7-9H2,1-3H3. The minimum absolute atomic E-state index is 0.189. The van der Waals surface area contributed by atoms with Gasteiger partial charge in [0.2, 0.25) is 0 Å². The fourth-order valence-electron chi connectivity index (χ4n) is 1.64. The van der Waals surface area contributed by atoms with Crippen LogP contribution >= 0.6 is 11.6 Å². The van der Waals surface area contributed by atoms with Gasteiger partial charge in [-0.3, -0.25) is 0 Å². The van der Waals surface area contributed by atoms with E-state index in [9.17, 15) is 8.42 Å². The van der Waals surface area contributed by atoms with Gasteiger partial charge >= 0.3 is 0 Å². The minimum atomic E-state index is -3.27. The summed E-state index contributed by atoms with van der Waals surface area (Å²) in [5.41, 5.74) is 0.608. The summed E-state index contributed by atoms with van der Waals surface area (Å²) >= 11 is 6.06. The van der Waals surface area contributed by atoms with E-state index in [0.29, 0.717) is 30.3 Å². The van der Waals surface area contributed by atoms with Gasteiger partial charge in [-0.15, -0.1) is 0 Å². The summed E-state index contributed by atoms with van der Waals surface area (Å²) in [6.07, 6.45) is 1.37. The van der Waals surface area contributed by atoms with Gasteiger partial charge in [-0.25, -0.2) is 8.42 Å². The Balaban J connectivity index is 2.68. The highest BCUT2D eigenvalue weighted by Gasteiger charge is 2.15. The zero-order valence-electron chi connectivity index (χ0n) is 11.4. The Morgan fingerprint density at radius 1 is 1.37 bits per heavy atom. The molecular weight excluding hydrogens is 286 g/mol. The lowest BCUT2D eigenvalue weighted by Crippen LogP contribution is -2.22. The number of ether oxygens (including phenoxy) is 1. The second-order valence-corrected chi connectivity index (χ2v) is 6.98. The maximum Gasteiger partial charge on any atom is 0.175 e. The second kappa shape index (κ2) is 7.24. The molecule has 0 amide bonds. The van der Waals surface area contributed by atoms with Gasteiger partial charge in [0, 0.05) is 29.9 Å². The topological polar surface area (TPSA) is 55.4 Å². The van der Waals surface area contributed by atoms with Crippen molar-refractivity contribution in [2.75, 3.05) is 19.4 Å². The number of sulfone groups is 1. The smallest absolute Gasteiger partial charge is 0.175 e. The summed E-state index contributed by atoms with van der Waals surface area (Å²) in [7, 11) is -3.27. The highest BCUT2D eigenvalue weighted by Crippen LogP contribution is 2.23. The van der Waals surface area contributed by atoms with Gasteiger partial charge in [0.05, 0.1) is 17.6 Å². The summed E-state index contributed by atoms with van der Waals surface area (Å²) in [6.45, 7) is 5.57. The zero-order chi connectivity index (χ0) is 14.5. The lowest BCUT2D eigenvalue weighted by molar-refractivity contribution is 0.0807. The van der Waals surface area contributed by atoms with E-state index in [1.165, 1.54) is 6.26 Å². The molecule has 0 aliphatic rings. The maximum absolute atomic E-state index is 11.7. The van der Waals surface area contributed by atoms with Crippen LogP contribution in [0, 0.1) is 0 Å². The number of halogens is 1. The van der Waals surface area contributed by atoms with Crippen LogP contribution in [0.15, 0.2) is 23.1 Å². The second-order valence-electron chi connectivity index (χ2n) is 4.59. The van der Waals surface area contributed by atoms with Crippen molar-refractivity contribution in [2.24, 2.45) is 0 Å². The van der Waals surface area contributed by atoms with E-state index in [1.54, 1.807) is 18.2 Å². The molecule has 1 aromatic rings. The summed E-state index contributed by atoms with van der Waals surface area (Å²) < 4.78 is 28.7. The first-order chi connectivity index (χ1) is 8.82. The third kappa shape index (κ3) is 5.48. The van der Waals surface area contributed by atoms with Crippen molar-refractivity contribution < 1.29 is 13.2 Å². The summed E-state index contributed by atoms with van der Waals surface area (Å²) in [6, 6.07) is 4.91. The predicted octanol–water partition coefficient (Wildman–Crippen LogP) is 2.26. The molecule has 0 aliphatic carbocycles. The molecule has 0 saturated carbocycles. The number of benzene rings is 1. The van der Waals surface area contributed by atoms with Gasteiger partial charge in [-0.05, 0) is 26.0 Å². The quantitative estimate of drug-likeness (QED) is 0.785. The van der Waals surface area contributed by atoms with Crippen LogP contribution in [0.2, 0.25) is 5.02 Å². The average Bonchev–Trinajstić information content (AvgIpc) is 2.28. The summed E-state index contributed by atoms with van der Waals surface area (Å²) in [4.78, 5) is 0.275. The molecule has 6 heteroatoms. The lowest BCUT2D eigenvalue weighted by Gasteiger charge is -2.12. The van der Waals surface area contributed by atoms with Crippen molar-refractivity contribution in [1.82, 2.24) is 5.32 Å². The third-order valence-corrected chi connectivity index (χ3v) is 4.04. The molecular formula is C13H20ClNO3S. The van der Waals surface area contributed by atoms with Gasteiger partial charge in [0.25, 0.3) is 0 Å². The van der Waals surface area contributed by atoms with Crippen molar-refractivity contribution in [3.8, 4) is 0 Å². The van der Waals surface area contributed by atoms with E-state index in [2.05, 4.69) is 5.32 Å². The zero-order valence-corrected chi connectivity index (χ0v) is 13.0. The molecule has 0 saturated heterocycles. The molecule has 19 heavy (non-hydrogen) atoms. The summed E-state index contributed by atoms with van der Waals surface area (Å²) in [5, 5.41) is 3.60. The van der Waals surface area contributed by atoms with Crippen LogP contribution in [-0.4, -0.2) is 33.9 Å². The van der Waals surface area contributed by atoms with Gasteiger partial charge in [0.15, 0.2) is 9.84 Å². The van der Waals surface area contributed by atoms with Gasteiger partial charge in [-0.2, -0.15) is 0 Å². The molecule has 4 nitrogen and oxygen atoms in total. The monoisotopic (exact) mass is 305 g/mol. The number of hydrogen-bond acceptors (Lipinski definition) is 4. The first-order valence-electron chi connectivity index (χ1n) is 6.12. The SMILES string of the molecule is CC(C)OCCNCc1c(Cl)cccc1S(C)(=O)=O. The van der Waals surface area contributed by atoms with E-state index < -0.39 is 9.84 Å². The van der Waals surface area contributed by atoms with Crippen molar-refractivity contribution >= 4 is 21.4 Å². The molecule has 0 aliphatic heterocycles. The van der Waals surface area contributed by atoms with Gasteiger partial charge < -0.3 is 10.1 Å². The number of nitrogens with one attached hydrogen (secondary N) is 1. The Kier molecular flexibility index (Phi) is 6.26. The fourth-order valence-corrected chi connectivity index (χ4v) is 2.89. The van der Waals surface area contributed by atoms with E-state index in [1.807, 2.05) is 13.8 Å². The molecule has 0 fully saturated rings. The highest BCUT2D eigenvalue weighted by atomic mass is 35.5. The van der Waals surface area contributed by atoms with Crippen molar-refractivity contribution in [3.05, 3.63) is 28.8 Å². The highest BCUT2D eigenvalue weighted by molar-refractivity contribution is 7.90. The normalized spacial score (nSPS) is 12.1. The van der Waals surface area contributed by atoms with Crippen molar-refractivity contribution in [3.63, 3.8) is 0 Å². The molecule has 1 N–H and O–H groups in total. The molecule has 0 radical (unpaired) electrons. The van der Waals surface area contributed by atoms with Crippen LogP contribution < -0.4 is 5.32 Å².